The molecule has 0 bridgehead atoms. The van der Waals surface area contributed by atoms with Gasteiger partial charge in [0, 0.05) is 75.7 Å². The Morgan fingerprint density at radius 1 is 0.809 bits per heavy atom. The summed E-state index contributed by atoms with van der Waals surface area (Å²) in [6, 6.07) is 2.96. The van der Waals surface area contributed by atoms with Crippen LogP contribution in [0.15, 0.2) is 24.3 Å². The lowest BCUT2D eigenvalue weighted by Gasteiger charge is -2.28. The number of primary amides is 4. The van der Waals surface area contributed by atoms with Crippen LogP contribution in [0, 0.1) is 29.6 Å². The average Bonchev–Trinajstić information content (AvgIpc) is 3.26. The molecular formula is C45H65N9O14. The molecule has 1 saturated heterocycles. The van der Waals surface area contributed by atoms with Gasteiger partial charge in [-0.2, -0.15) is 0 Å². The van der Waals surface area contributed by atoms with Crippen LogP contribution >= 0.6 is 0 Å². The van der Waals surface area contributed by atoms with Gasteiger partial charge in [-0.25, -0.2) is 0 Å². The number of phenolic OH excluding ortho intramolecular Hbond substituents is 1. The van der Waals surface area contributed by atoms with E-state index in [-0.39, 0.29) is 44.3 Å². The fourth-order valence-electron chi connectivity index (χ4n) is 7.56. The number of phenols is 1. The van der Waals surface area contributed by atoms with Crippen molar-refractivity contribution in [1.29, 1.82) is 0 Å². The highest BCUT2D eigenvalue weighted by molar-refractivity contribution is 5.99. The van der Waals surface area contributed by atoms with Gasteiger partial charge in [0.25, 0.3) is 0 Å². The first-order valence-corrected chi connectivity index (χ1v) is 22.3. The second-order valence-electron chi connectivity index (χ2n) is 17.3. The van der Waals surface area contributed by atoms with Crippen LogP contribution in [0.1, 0.15) is 96.5 Å². The Kier molecular flexibility index (Phi) is 23.7. The van der Waals surface area contributed by atoms with Crippen LogP contribution in [0.5, 0.6) is 5.75 Å². The molecule has 1 aromatic carbocycles. The summed E-state index contributed by atoms with van der Waals surface area (Å²) in [6.45, 7) is 1.67. The van der Waals surface area contributed by atoms with Gasteiger partial charge in [-0.15, -0.1) is 0 Å². The van der Waals surface area contributed by atoms with Crippen LogP contribution in [-0.4, -0.2) is 125 Å². The van der Waals surface area contributed by atoms with E-state index < -0.39 is 176 Å². The molecule has 1 aromatic rings. The van der Waals surface area contributed by atoms with Crippen molar-refractivity contribution in [3.8, 4) is 5.75 Å². The molecule has 23 heteroatoms. The lowest BCUT2D eigenvalue weighted by molar-refractivity contribution is -0.141. The number of hydrogen-bond donors (Lipinski definition) is 9. The van der Waals surface area contributed by atoms with Gasteiger partial charge in [0.1, 0.15) is 5.75 Å². The highest BCUT2D eigenvalue weighted by Crippen LogP contribution is 2.23. The van der Waals surface area contributed by atoms with Crippen molar-refractivity contribution in [2.75, 3.05) is 26.7 Å². The zero-order valence-corrected chi connectivity index (χ0v) is 38.7. The zero-order valence-electron chi connectivity index (χ0n) is 38.7. The van der Waals surface area contributed by atoms with Crippen LogP contribution in [0.3, 0.4) is 0 Å². The molecule has 1 aliphatic heterocycles. The monoisotopic (exact) mass is 955 g/mol. The van der Waals surface area contributed by atoms with E-state index in [1.54, 1.807) is 26.0 Å². The zero-order chi connectivity index (χ0) is 51.2. The summed E-state index contributed by atoms with van der Waals surface area (Å²) in [5.74, 6) is -16.0. The van der Waals surface area contributed by atoms with Crippen molar-refractivity contribution in [3.63, 3.8) is 0 Å². The van der Waals surface area contributed by atoms with Crippen molar-refractivity contribution in [2.45, 2.75) is 109 Å². The first kappa shape index (κ1) is 57.1. The van der Waals surface area contributed by atoms with E-state index in [1.165, 1.54) is 19.2 Å². The molecule has 0 aromatic heterocycles. The fraction of sp³-hybridized carbons (Fsp3) is 0.578. The van der Waals surface area contributed by atoms with Gasteiger partial charge in [0.05, 0.1) is 38.1 Å². The third-order valence-corrected chi connectivity index (χ3v) is 11.6. The molecular weight excluding hydrogens is 891 g/mol. The Labute approximate surface area is 393 Å². The molecule has 13 N–H and O–H groups in total. The smallest absolute Gasteiger partial charge is 0.236 e. The van der Waals surface area contributed by atoms with Crippen LogP contribution in [0.25, 0.3) is 0 Å². The Morgan fingerprint density at radius 2 is 1.44 bits per heavy atom. The predicted molar refractivity (Wildman–Crippen MR) is 240 cm³/mol. The quantitative estimate of drug-likeness (QED) is 0.0660. The SMILES string of the molecule is CC[C@H](C)[C@@H]1NC(=O)[C@H](Cc2ccc(O)cc2)CC(=O)CNC(=O)CC[C@@H](C(=O)N(C)CC(=O)C[C@@H](CCC(N)=O)C(=O)NCC(N)=O)CC(=O)[C@H](CC(N)=O)NC(=O)[C@H](CCC(N)=O)CC1=O. The van der Waals surface area contributed by atoms with Gasteiger partial charge < -0.3 is 54.2 Å². The number of aromatic hydroxyl groups is 1. The topological polar surface area (TPSA) is 398 Å². The van der Waals surface area contributed by atoms with E-state index in [1.807, 2.05) is 0 Å². The largest absolute Gasteiger partial charge is 0.508 e. The van der Waals surface area contributed by atoms with Crippen molar-refractivity contribution in [1.82, 2.24) is 26.2 Å². The summed E-state index contributed by atoms with van der Waals surface area (Å²) in [4.78, 5) is 171. The van der Waals surface area contributed by atoms with E-state index >= 15 is 0 Å². The molecule has 1 fully saturated rings. The van der Waals surface area contributed by atoms with Crippen LogP contribution in [0.2, 0.25) is 0 Å². The lowest BCUT2D eigenvalue weighted by Crippen LogP contribution is -2.50. The molecule has 0 aliphatic carbocycles. The third kappa shape index (κ3) is 20.6. The minimum atomic E-state index is -1.69. The molecule has 374 valence electrons. The summed E-state index contributed by atoms with van der Waals surface area (Å²) in [5, 5.41) is 19.7. The number of amides is 9. The van der Waals surface area contributed by atoms with Gasteiger partial charge in [0.15, 0.2) is 23.1 Å². The maximum atomic E-state index is 14.1. The Morgan fingerprint density at radius 3 is 2.03 bits per heavy atom. The number of ketones is 4. The third-order valence-electron chi connectivity index (χ3n) is 11.6. The van der Waals surface area contributed by atoms with E-state index in [4.69, 9.17) is 22.9 Å². The Hall–Kier alpha value is -7.07. The van der Waals surface area contributed by atoms with Gasteiger partial charge >= 0.3 is 0 Å². The maximum Gasteiger partial charge on any atom is 0.236 e. The highest BCUT2D eigenvalue weighted by atomic mass is 16.3. The number of benzene rings is 1. The van der Waals surface area contributed by atoms with Crippen molar-refractivity contribution >= 4 is 76.3 Å². The van der Waals surface area contributed by atoms with E-state index in [2.05, 4.69) is 21.3 Å². The molecule has 2 rings (SSSR count). The first-order valence-electron chi connectivity index (χ1n) is 22.3. The minimum Gasteiger partial charge on any atom is -0.508 e. The molecule has 7 atom stereocenters. The maximum absolute atomic E-state index is 14.1. The van der Waals surface area contributed by atoms with Crippen molar-refractivity contribution < 1.29 is 67.4 Å². The predicted octanol–water partition coefficient (Wildman–Crippen LogP) is -2.37. The number of nitrogens with zero attached hydrogens (tertiary/aromatic N) is 1. The van der Waals surface area contributed by atoms with Gasteiger partial charge in [-0.05, 0) is 49.3 Å². The molecule has 68 heavy (non-hydrogen) atoms. The van der Waals surface area contributed by atoms with Crippen molar-refractivity contribution in [3.05, 3.63) is 29.8 Å². The summed E-state index contributed by atoms with van der Waals surface area (Å²) in [6.07, 6.45) is -4.68. The van der Waals surface area contributed by atoms with Crippen LogP contribution in [-0.2, 0) is 68.7 Å². The van der Waals surface area contributed by atoms with Gasteiger partial charge in [-0.1, -0.05) is 32.4 Å². The minimum absolute atomic E-state index is 0.0253. The number of rotatable bonds is 20. The number of nitrogens with two attached hydrogens (primary N) is 4. The van der Waals surface area contributed by atoms with E-state index in [0.717, 1.165) is 4.90 Å². The van der Waals surface area contributed by atoms with Crippen LogP contribution < -0.4 is 44.2 Å². The normalized spacial score (nSPS) is 21.2. The second-order valence-corrected chi connectivity index (χ2v) is 17.3. The summed E-state index contributed by atoms with van der Waals surface area (Å²) in [7, 11) is 1.20. The number of carbonyl (C=O) groups is 13. The number of carbonyl (C=O) groups excluding carboxylic acids is 13. The fourth-order valence-corrected chi connectivity index (χ4v) is 7.56. The van der Waals surface area contributed by atoms with Gasteiger partial charge in [-0.3, -0.25) is 62.3 Å². The number of hydrogen-bond acceptors (Lipinski definition) is 14. The molecule has 1 aliphatic rings. The average molecular weight is 956 g/mol. The molecule has 9 amide bonds. The number of Topliss-reactive ketones (excluding diaryl/α,β-unsaturated/α-hetero) is 4. The molecule has 0 spiro atoms. The van der Waals surface area contributed by atoms with E-state index in [0.29, 0.717) is 12.0 Å². The highest BCUT2D eigenvalue weighted by Gasteiger charge is 2.36. The van der Waals surface area contributed by atoms with Crippen LogP contribution in [0.4, 0.5) is 0 Å². The number of likely N-dealkylation sites (N-methyl/N-ethyl adjacent to an activating group) is 1. The van der Waals surface area contributed by atoms with Gasteiger partial charge in [0.2, 0.25) is 53.2 Å². The molecule has 1 heterocycles. The summed E-state index contributed by atoms with van der Waals surface area (Å²) >= 11 is 0. The molecule has 0 unspecified atom stereocenters. The summed E-state index contributed by atoms with van der Waals surface area (Å²) in [5.41, 5.74) is 21.8. The second kappa shape index (κ2) is 28.2. The molecule has 23 nitrogen and oxygen atoms in total. The Balaban J connectivity index is 2.59. The van der Waals surface area contributed by atoms with Crippen molar-refractivity contribution in [2.24, 2.45) is 52.5 Å². The standard InChI is InChI=1S/C45H65N9O14/c1-4-24(2)41-35(59)18-27(8-13-37(47)61)43(66)52-33(20-38(48)62)34(58)19-28(45(68)54(3)23-32(57)16-26(7-12-36(46)60)42(65)51-22-39(49)63)9-14-40(64)50-21-31(56)17-29(44(67)53-41)15-25-5-10-30(55)11-6-25/h5-6,10-11,24,26-29,33,41,55H,4,7-9,12-23H2,1-3H3,(H2,46,60)(H2,47,61)(H2,48,62)(H2,49,63)(H,50,64)(H,51,65)(H,52,66)(H,53,67)/t24-,26+,27+,28+,29+,33-,41-/m0/s1. The number of nitrogens with one attached hydrogen (secondary N) is 4. The summed E-state index contributed by atoms with van der Waals surface area (Å²) < 4.78 is 0. The molecule has 0 radical (unpaired) electrons. The first-order chi connectivity index (χ1) is 31.9. The molecule has 0 saturated carbocycles. The lowest BCUT2D eigenvalue weighted by atomic mass is 9.86. The Bertz CT molecular complexity index is 2060. The van der Waals surface area contributed by atoms with E-state index in [9.17, 15) is 67.4 Å².